The number of hydrogen-bond donors (Lipinski definition) is 0. The molecule has 0 radical (unpaired) electrons. The predicted molar refractivity (Wildman–Crippen MR) is 138 cm³/mol. The van der Waals surface area contributed by atoms with Crippen LogP contribution < -0.4 is 5.56 Å². The van der Waals surface area contributed by atoms with Crippen molar-refractivity contribution in [3.05, 3.63) is 64.5 Å². The van der Waals surface area contributed by atoms with Gasteiger partial charge in [-0.05, 0) is 37.6 Å². The molecule has 1 fully saturated rings. The molecule has 1 aliphatic heterocycles. The summed E-state index contributed by atoms with van der Waals surface area (Å²) in [7, 11) is -3.11. The number of aromatic nitrogens is 2. The van der Waals surface area contributed by atoms with Crippen molar-refractivity contribution in [1.29, 1.82) is 0 Å². The highest BCUT2D eigenvalue weighted by atomic mass is 32.2. The van der Waals surface area contributed by atoms with E-state index in [9.17, 15) is 18.0 Å². The van der Waals surface area contributed by atoms with Gasteiger partial charge < -0.3 is 9.32 Å². The van der Waals surface area contributed by atoms with Gasteiger partial charge >= 0.3 is 0 Å². The Hall–Kier alpha value is -2.89. The molecule has 4 aromatic rings. The summed E-state index contributed by atoms with van der Waals surface area (Å²) >= 11 is 2.53. The fourth-order valence-electron chi connectivity index (χ4n) is 4.36. The lowest BCUT2D eigenvalue weighted by atomic mass is 10.2. The average molecular weight is 530 g/mol. The summed E-state index contributed by atoms with van der Waals surface area (Å²) in [5.74, 6) is 0.579. The van der Waals surface area contributed by atoms with Crippen molar-refractivity contribution >= 4 is 49.1 Å². The Kier molecular flexibility index (Phi) is 6.56. The number of para-hydroxylation sites is 1. The first-order valence-corrected chi connectivity index (χ1v) is 14.8. The quantitative estimate of drug-likeness (QED) is 0.265. The van der Waals surface area contributed by atoms with E-state index in [0.717, 1.165) is 0 Å². The second-order valence-corrected chi connectivity index (χ2v) is 12.2. The minimum atomic E-state index is -3.11. The van der Waals surface area contributed by atoms with Crippen molar-refractivity contribution in [2.24, 2.45) is 0 Å². The Morgan fingerprint density at radius 1 is 1.26 bits per heavy atom. The third-order valence-electron chi connectivity index (χ3n) is 6.01. The predicted octanol–water partition coefficient (Wildman–Crippen LogP) is 3.83. The zero-order valence-corrected chi connectivity index (χ0v) is 21.4. The van der Waals surface area contributed by atoms with Crippen LogP contribution in [-0.2, 0) is 14.6 Å². The van der Waals surface area contributed by atoms with Crippen molar-refractivity contribution in [3.8, 4) is 17.0 Å². The molecule has 3 aromatic heterocycles. The van der Waals surface area contributed by atoms with E-state index in [2.05, 4.69) is 0 Å². The van der Waals surface area contributed by atoms with E-state index in [1.54, 1.807) is 23.3 Å². The Morgan fingerprint density at radius 2 is 2.06 bits per heavy atom. The second kappa shape index (κ2) is 9.63. The molecular weight excluding hydrogens is 506 g/mol. The van der Waals surface area contributed by atoms with E-state index in [-0.39, 0.29) is 34.8 Å². The number of furan rings is 1. The minimum Gasteiger partial charge on any atom is -0.464 e. The lowest BCUT2D eigenvalue weighted by Crippen LogP contribution is -2.42. The molecule has 1 atom stereocenters. The number of nitrogens with zero attached hydrogens (tertiary/aromatic N) is 3. The maximum Gasteiger partial charge on any atom is 0.268 e. The van der Waals surface area contributed by atoms with Crippen molar-refractivity contribution in [2.45, 2.75) is 24.5 Å². The van der Waals surface area contributed by atoms with Gasteiger partial charge in [0, 0.05) is 23.5 Å². The molecule has 4 heterocycles. The van der Waals surface area contributed by atoms with Gasteiger partial charge in [-0.3, -0.25) is 14.2 Å². The first kappa shape index (κ1) is 23.8. The fourth-order valence-corrected chi connectivity index (χ4v) is 7.95. The number of thiophene rings is 1. The molecule has 35 heavy (non-hydrogen) atoms. The summed E-state index contributed by atoms with van der Waals surface area (Å²) < 4.78 is 30.9. The van der Waals surface area contributed by atoms with Gasteiger partial charge in [-0.1, -0.05) is 30.0 Å². The van der Waals surface area contributed by atoms with Gasteiger partial charge in [0.25, 0.3) is 5.56 Å². The molecule has 11 heteroatoms. The monoisotopic (exact) mass is 529 g/mol. The van der Waals surface area contributed by atoms with Gasteiger partial charge in [0.15, 0.2) is 15.0 Å². The number of carbonyl (C=O) groups is 1. The lowest BCUT2D eigenvalue weighted by Gasteiger charge is -2.26. The number of fused-ring (bicyclic) bond motifs is 1. The van der Waals surface area contributed by atoms with Crippen LogP contribution in [0.3, 0.4) is 0 Å². The van der Waals surface area contributed by atoms with Crippen LogP contribution in [0, 0.1) is 0 Å². The van der Waals surface area contributed by atoms with Crippen molar-refractivity contribution in [3.63, 3.8) is 0 Å². The van der Waals surface area contributed by atoms with Gasteiger partial charge in [0.2, 0.25) is 5.91 Å². The zero-order chi connectivity index (χ0) is 24.6. The van der Waals surface area contributed by atoms with Crippen LogP contribution in [0.4, 0.5) is 0 Å². The Balaban J connectivity index is 1.51. The van der Waals surface area contributed by atoms with Crippen LogP contribution in [0.15, 0.2) is 68.5 Å². The summed E-state index contributed by atoms with van der Waals surface area (Å²) in [6, 6.07) is 12.5. The first-order valence-electron chi connectivity index (χ1n) is 11.1. The summed E-state index contributed by atoms with van der Waals surface area (Å²) in [4.78, 5) is 33.8. The fraction of sp³-hybridized carbons (Fsp3) is 0.292. The molecule has 1 unspecified atom stereocenters. The number of carbonyl (C=O) groups excluding carboxylic acids is 1. The van der Waals surface area contributed by atoms with Crippen LogP contribution in [0.1, 0.15) is 13.3 Å². The normalized spacial score (nSPS) is 17.1. The third kappa shape index (κ3) is 4.67. The van der Waals surface area contributed by atoms with E-state index < -0.39 is 9.84 Å². The van der Waals surface area contributed by atoms with Gasteiger partial charge in [-0.2, -0.15) is 0 Å². The molecule has 0 bridgehead atoms. The maximum absolute atomic E-state index is 13.8. The van der Waals surface area contributed by atoms with Gasteiger partial charge in [-0.15, -0.1) is 11.3 Å². The van der Waals surface area contributed by atoms with Gasteiger partial charge in [-0.25, -0.2) is 13.4 Å². The SMILES string of the molecule is CCN(C(=O)CSc1nc2scc(-c3ccco3)c2c(=O)n1-c1ccccc1)C1CCS(=O)(=O)C1. The summed E-state index contributed by atoms with van der Waals surface area (Å²) in [5, 5.41) is 2.73. The van der Waals surface area contributed by atoms with E-state index in [1.165, 1.54) is 27.7 Å². The first-order chi connectivity index (χ1) is 16.9. The van der Waals surface area contributed by atoms with E-state index in [0.29, 0.717) is 45.3 Å². The molecule has 0 aliphatic carbocycles. The minimum absolute atomic E-state index is 0.000923. The Bertz CT molecular complexity index is 1530. The number of hydrogen-bond acceptors (Lipinski definition) is 8. The van der Waals surface area contributed by atoms with Gasteiger partial charge in [0.1, 0.15) is 10.6 Å². The highest BCUT2D eigenvalue weighted by molar-refractivity contribution is 7.99. The summed E-state index contributed by atoms with van der Waals surface area (Å²) in [6.07, 6.45) is 2.02. The number of benzene rings is 1. The third-order valence-corrected chi connectivity index (χ3v) is 9.56. The number of rotatable bonds is 7. The largest absolute Gasteiger partial charge is 0.464 e. The topological polar surface area (TPSA) is 102 Å². The molecule has 5 rings (SSSR count). The molecule has 1 amide bonds. The molecule has 0 N–H and O–H groups in total. The summed E-state index contributed by atoms with van der Waals surface area (Å²) in [6.45, 7) is 2.27. The summed E-state index contributed by atoms with van der Waals surface area (Å²) in [5.41, 5.74) is 1.09. The Labute approximate surface area is 210 Å². The smallest absolute Gasteiger partial charge is 0.268 e. The van der Waals surface area contributed by atoms with Crippen molar-refractivity contribution < 1.29 is 17.6 Å². The van der Waals surface area contributed by atoms with Crippen LogP contribution >= 0.6 is 23.1 Å². The van der Waals surface area contributed by atoms with Gasteiger partial charge in [0.05, 0.1) is 34.6 Å². The van der Waals surface area contributed by atoms with Crippen LogP contribution in [0.25, 0.3) is 27.2 Å². The molecule has 8 nitrogen and oxygen atoms in total. The standard InChI is InChI=1S/C24H23N3O5S3/c1-2-26(17-10-12-35(30,31)15-17)20(28)14-34-24-25-22-21(18(13-33-22)19-9-6-11-32-19)23(29)27(24)16-7-4-3-5-8-16/h3-9,11,13,17H,2,10,12,14-15H2,1H3. The second-order valence-electron chi connectivity index (χ2n) is 8.20. The molecular formula is C24H23N3O5S3. The zero-order valence-electron chi connectivity index (χ0n) is 18.9. The highest BCUT2D eigenvalue weighted by Gasteiger charge is 2.34. The average Bonchev–Trinajstić information content (AvgIpc) is 3.59. The Morgan fingerprint density at radius 3 is 2.71 bits per heavy atom. The maximum atomic E-state index is 13.8. The number of amides is 1. The molecule has 1 aromatic carbocycles. The molecule has 182 valence electrons. The molecule has 0 saturated carbocycles. The highest BCUT2D eigenvalue weighted by Crippen LogP contribution is 2.33. The van der Waals surface area contributed by atoms with E-state index in [1.807, 2.05) is 42.6 Å². The molecule has 1 saturated heterocycles. The van der Waals surface area contributed by atoms with Crippen LogP contribution in [-0.4, -0.2) is 58.6 Å². The molecule has 0 spiro atoms. The number of sulfone groups is 1. The van der Waals surface area contributed by atoms with E-state index >= 15 is 0 Å². The lowest BCUT2D eigenvalue weighted by molar-refractivity contribution is -0.129. The van der Waals surface area contributed by atoms with Crippen LogP contribution in [0.2, 0.25) is 0 Å². The van der Waals surface area contributed by atoms with E-state index in [4.69, 9.17) is 9.40 Å². The molecule has 1 aliphatic rings. The van der Waals surface area contributed by atoms with Crippen molar-refractivity contribution in [2.75, 3.05) is 23.8 Å². The van der Waals surface area contributed by atoms with Crippen LogP contribution in [0.5, 0.6) is 0 Å². The number of thioether (sulfide) groups is 1. The van der Waals surface area contributed by atoms with Crippen molar-refractivity contribution in [1.82, 2.24) is 14.5 Å².